The zero-order chi connectivity index (χ0) is 25.4. The van der Waals surface area contributed by atoms with Crippen LogP contribution in [0, 0.1) is 23.7 Å². The normalized spacial score (nSPS) is 22.9. The lowest BCUT2D eigenvalue weighted by Gasteiger charge is -2.38. The zero-order valence-corrected chi connectivity index (χ0v) is 21.5. The molecule has 3 fully saturated rings. The molecule has 36 heavy (non-hydrogen) atoms. The molecular weight excluding hydrogens is 456 g/mol. The second kappa shape index (κ2) is 10.2. The van der Waals surface area contributed by atoms with Crippen molar-refractivity contribution >= 4 is 22.7 Å². The van der Waals surface area contributed by atoms with Crippen LogP contribution in [0.25, 0.3) is 10.9 Å². The van der Waals surface area contributed by atoms with Gasteiger partial charge in [0.05, 0.1) is 10.9 Å². The average Bonchev–Trinajstić information content (AvgIpc) is 3.74. The highest BCUT2D eigenvalue weighted by atomic mass is 16.2. The molecule has 1 aromatic carbocycles. The summed E-state index contributed by atoms with van der Waals surface area (Å²) in [5.74, 6) is 1.19. The Hall–Kier alpha value is -2.90. The molecule has 2 amide bonds. The van der Waals surface area contributed by atoms with Crippen LogP contribution in [0.2, 0.25) is 0 Å². The Morgan fingerprint density at radius 3 is 1.86 bits per heavy atom. The van der Waals surface area contributed by atoms with Gasteiger partial charge in [-0.25, -0.2) is 4.79 Å². The fourth-order valence-corrected chi connectivity index (χ4v) is 5.92. The third-order valence-corrected chi connectivity index (χ3v) is 8.15. The van der Waals surface area contributed by atoms with E-state index in [0.717, 1.165) is 38.5 Å². The number of piperazine rings is 1. The number of hydrogen-bond donors (Lipinski definition) is 0. The molecule has 2 aliphatic carbocycles. The number of aromatic nitrogens is 2. The summed E-state index contributed by atoms with van der Waals surface area (Å²) in [6.07, 6.45) is 5.26. The molecule has 8 nitrogen and oxygen atoms in total. The van der Waals surface area contributed by atoms with Crippen LogP contribution in [0.4, 0.5) is 0 Å². The van der Waals surface area contributed by atoms with E-state index in [4.69, 9.17) is 0 Å². The Morgan fingerprint density at radius 2 is 1.33 bits per heavy atom. The summed E-state index contributed by atoms with van der Waals surface area (Å²) in [4.78, 5) is 55.9. The molecule has 0 radical (unpaired) electrons. The summed E-state index contributed by atoms with van der Waals surface area (Å²) >= 11 is 0. The Labute approximate surface area is 211 Å². The monoisotopic (exact) mass is 494 g/mol. The van der Waals surface area contributed by atoms with E-state index >= 15 is 0 Å². The summed E-state index contributed by atoms with van der Waals surface area (Å²) in [6.45, 7) is 7.65. The Kier molecular flexibility index (Phi) is 7.04. The van der Waals surface area contributed by atoms with Gasteiger partial charge < -0.3 is 9.80 Å². The number of rotatable bonds is 6. The third kappa shape index (κ3) is 5.00. The van der Waals surface area contributed by atoms with Crippen LogP contribution in [0.1, 0.15) is 52.4 Å². The fourth-order valence-electron chi connectivity index (χ4n) is 5.92. The lowest BCUT2D eigenvalue weighted by molar-refractivity contribution is -0.143. The maximum atomic E-state index is 13.3. The highest BCUT2D eigenvalue weighted by Crippen LogP contribution is 2.33. The van der Waals surface area contributed by atoms with Gasteiger partial charge in [-0.2, -0.15) is 0 Å². The van der Waals surface area contributed by atoms with E-state index in [0.29, 0.717) is 50.2 Å². The second-order valence-electron chi connectivity index (χ2n) is 11.4. The molecule has 0 bridgehead atoms. The molecule has 194 valence electrons. The van der Waals surface area contributed by atoms with Crippen LogP contribution >= 0.6 is 0 Å². The van der Waals surface area contributed by atoms with Crippen LogP contribution in [0.15, 0.2) is 33.9 Å². The maximum Gasteiger partial charge on any atom is 0.331 e. The Bertz CT molecular complexity index is 1240. The fraction of sp³-hybridized carbons (Fsp3) is 0.643. The molecule has 3 aliphatic rings. The largest absolute Gasteiger partial charge is 0.339 e. The lowest BCUT2D eigenvalue weighted by atomic mass is 9.81. The highest BCUT2D eigenvalue weighted by molar-refractivity contribution is 5.82. The molecular formula is C28H38N4O4. The van der Waals surface area contributed by atoms with E-state index in [2.05, 4.69) is 13.8 Å². The van der Waals surface area contributed by atoms with E-state index in [-0.39, 0.29) is 46.7 Å². The predicted molar refractivity (Wildman–Crippen MR) is 139 cm³/mol. The molecule has 5 rings (SSSR count). The van der Waals surface area contributed by atoms with Crippen molar-refractivity contribution in [3.63, 3.8) is 0 Å². The van der Waals surface area contributed by atoms with Crippen molar-refractivity contribution in [2.45, 2.75) is 65.5 Å². The minimum atomic E-state index is -0.232. The van der Waals surface area contributed by atoms with Gasteiger partial charge in [0.2, 0.25) is 11.8 Å². The third-order valence-electron chi connectivity index (χ3n) is 8.15. The summed E-state index contributed by atoms with van der Waals surface area (Å²) in [5.41, 5.74) is 0.252. The van der Waals surface area contributed by atoms with Gasteiger partial charge >= 0.3 is 5.69 Å². The van der Waals surface area contributed by atoms with Crippen LogP contribution in [-0.4, -0.2) is 56.9 Å². The van der Waals surface area contributed by atoms with Crippen LogP contribution in [0.3, 0.4) is 0 Å². The number of carbonyl (C=O) groups excluding carboxylic acids is 2. The van der Waals surface area contributed by atoms with Crippen molar-refractivity contribution < 1.29 is 9.59 Å². The van der Waals surface area contributed by atoms with Gasteiger partial charge in [-0.1, -0.05) is 26.0 Å². The predicted octanol–water partition coefficient (Wildman–Crippen LogP) is 2.71. The summed E-state index contributed by atoms with van der Waals surface area (Å²) in [5, 5.41) is 0.584. The maximum absolute atomic E-state index is 13.3. The van der Waals surface area contributed by atoms with E-state index in [1.54, 1.807) is 10.6 Å². The molecule has 0 atom stereocenters. The first-order valence-electron chi connectivity index (χ1n) is 13.6. The molecule has 2 heterocycles. The number of hydrogen-bond acceptors (Lipinski definition) is 4. The molecule has 0 unspecified atom stereocenters. The van der Waals surface area contributed by atoms with Crippen LogP contribution in [0.5, 0.6) is 0 Å². The highest BCUT2D eigenvalue weighted by Gasteiger charge is 2.36. The van der Waals surface area contributed by atoms with Crippen molar-refractivity contribution in [2.24, 2.45) is 23.7 Å². The number of benzene rings is 1. The van der Waals surface area contributed by atoms with E-state index in [1.807, 2.05) is 28.0 Å². The van der Waals surface area contributed by atoms with Crippen molar-refractivity contribution in [3.8, 4) is 0 Å². The molecule has 1 aliphatic heterocycles. The van der Waals surface area contributed by atoms with Crippen LogP contribution < -0.4 is 11.2 Å². The number of carbonyl (C=O) groups is 2. The minimum absolute atomic E-state index is 0.00198. The molecule has 1 saturated heterocycles. The molecule has 2 saturated carbocycles. The summed E-state index contributed by atoms with van der Waals surface area (Å²) in [6, 6.07) is 7.36. The molecule has 8 heteroatoms. The van der Waals surface area contributed by atoms with Crippen molar-refractivity contribution in [1.82, 2.24) is 18.9 Å². The van der Waals surface area contributed by atoms with E-state index in [1.165, 1.54) is 4.57 Å². The van der Waals surface area contributed by atoms with Gasteiger partial charge in [0.25, 0.3) is 5.56 Å². The van der Waals surface area contributed by atoms with Gasteiger partial charge in [-0.05, 0) is 62.5 Å². The van der Waals surface area contributed by atoms with Crippen molar-refractivity contribution in [3.05, 3.63) is 45.1 Å². The zero-order valence-electron chi connectivity index (χ0n) is 21.5. The Morgan fingerprint density at radius 1 is 0.806 bits per heavy atom. The molecule has 0 N–H and O–H groups in total. The number of amides is 2. The minimum Gasteiger partial charge on any atom is -0.339 e. The standard InChI is InChI=1S/C28H38N4O4/c1-19(2)17-31-24-6-4-3-5-23(24)27(35)32(28(31)36)18-20-7-9-21(10-8-20)25(33)29-13-15-30(16-14-29)26(34)22-11-12-22/h3-6,19-22H,7-18H2,1-2H3. The number of para-hydroxylation sites is 1. The van der Waals surface area contributed by atoms with Crippen LogP contribution in [-0.2, 0) is 22.7 Å². The Balaban J connectivity index is 1.22. The van der Waals surface area contributed by atoms with E-state index in [9.17, 15) is 19.2 Å². The first kappa shape index (κ1) is 24.8. The van der Waals surface area contributed by atoms with Gasteiger partial charge in [0.15, 0.2) is 0 Å². The van der Waals surface area contributed by atoms with Gasteiger partial charge in [0.1, 0.15) is 0 Å². The number of fused-ring (bicyclic) bond motifs is 1. The topological polar surface area (TPSA) is 84.6 Å². The first-order valence-corrected chi connectivity index (χ1v) is 13.6. The van der Waals surface area contributed by atoms with Crippen molar-refractivity contribution in [2.75, 3.05) is 26.2 Å². The molecule has 2 aromatic rings. The first-order chi connectivity index (χ1) is 17.3. The summed E-state index contributed by atoms with van der Waals surface area (Å²) in [7, 11) is 0. The SMILES string of the molecule is CC(C)Cn1c(=O)n(CC2CCC(C(=O)N3CCN(C(=O)C4CC4)CC3)CC2)c(=O)c2ccccc21. The lowest BCUT2D eigenvalue weighted by Crippen LogP contribution is -2.52. The smallest absolute Gasteiger partial charge is 0.331 e. The molecule has 1 aromatic heterocycles. The average molecular weight is 495 g/mol. The second-order valence-corrected chi connectivity index (χ2v) is 11.4. The van der Waals surface area contributed by atoms with Crippen molar-refractivity contribution in [1.29, 1.82) is 0 Å². The summed E-state index contributed by atoms with van der Waals surface area (Å²) < 4.78 is 3.16. The molecule has 0 spiro atoms. The van der Waals surface area contributed by atoms with E-state index < -0.39 is 0 Å². The van der Waals surface area contributed by atoms with Gasteiger partial charge in [0, 0.05) is 51.1 Å². The quantitative estimate of drug-likeness (QED) is 0.618. The number of nitrogens with zero attached hydrogens (tertiary/aromatic N) is 4. The van der Waals surface area contributed by atoms with Gasteiger partial charge in [-0.15, -0.1) is 0 Å². The van der Waals surface area contributed by atoms with Gasteiger partial charge in [-0.3, -0.25) is 23.5 Å².